The van der Waals surface area contributed by atoms with Gasteiger partial charge < -0.3 is 19.7 Å². The highest BCUT2D eigenvalue weighted by Gasteiger charge is 2.59. The molecular weight excluding hydrogens is 472 g/mol. The zero-order valence-corrected chi connectivity index (χ0v) is 21.9. The van der Waals surface area contributed by atoms with Crippen LogP contribution in [0, 0.1) is 6.92 Å². The van der Waals surface area contributed by atoms with Gasteiger partial charge in [-0.1, -0.05) is 67.4 Å². The summed E-state index contributed by atoms with van der Waals surface area (Å²) in [5, 5.41) is 3.98. The lowest BCUT2D eigenvalue weighted by atomic mass is 9.75. The van der Waals surface area contributed by atoms with Gasteiger partial charge in [0.25, 0.3) is 0 Å². The monoisotopic (exact) mass is 502 g/mol. The van der Waals surface area contributed by atoms with E-state index in [0.717, 1.165) is 16.8 Å². The summed E-state index contributed by atoms with van der Waals surface area (Å²) in [6, 6.07) is 20.0. The lowest BCUT2D eigenvalue weighted by Gasteiger charge is -2.40. The summed E-state index contributed by atoms with van der Waals surface area (Å²) < 4.78 is 12.0. The van der Waals surface area contributed by atoms with Gasteiger partial charge >= 0.3 is 0 Å². The van der Waals surface area contributed by atoms with E-state index >= 15 is 0 Å². The van der Waals surface area contributed by atoms with Crippen molar-refractivity contribution in [2.75, 3.05) is 18.1 Å². The molecule has 186 valence electrons. The zero-order valence-electron chi connectivity index (χ0n) is 21.1. The van der Waals surface area contributed by atoms with E-state index in [2.05, 4.69) is 61.3 Å². The fourth-order valence-corrected chi connectivity index (χ4v) is 5.39. The van der Waals surface area contributed by atoms with Crippen LogP contribution < -0.4 is 19.7 Å². The topological polar surface area (TPSA) is 50.8 Å². The SMILES string of the molecule is CCOc1cc(/C=C/[C@]23NC(=O)CN2c2ccc(C)cc2C3(C)C)ccc1OCc1ccc(Cl)cc1. The van der Waals surface area contributed by atoms with E-state index in [4.69, 9.17) is 21.1 Å². The second kappa shape index (κ2) is 9.21. The lowest BCUT2D eigenvalue weighted by molar-refractivity contribution is -0.118. The fraction of sp³-hybridized carbons (Fsp3) is 0.300. The molecule has 0 aromatic heterocycles. The maximum atomic E-state index is 12.6. The van der Waals surface area contributed by atoms with Crippen LogP contribution in [0.15, 0.2) is 66.7 Å². The molecule has 0 unspecified atom stereocenters. The molecule has 5 nitrogen and oxygen atoms in total. The summed E-state index contributed by atoms with van der Waals surface area (Å²) in [6.07, 6.45) is 4.18. The standard InChI is InChI=1S/C30H31ClN2O3/c1-5-35-27-17-21(9-13-26(27)36-19-22-7-10-23(31)11-8-22)14-15-30-29(3,4)24-16-20(2)6-12-25(24)33(30)18-28(34)32-30/h6-17H,5,18-19H2,1-4H3,(H,32,34)/b15-14+/t30-/m0/s1. The quantitative estimate of drug-likeness (QED) is 0.414. The number of halogens is 1. The van der Waals surface area contributed by atoms with Gasteiger partial charge in [-0.15, -0.1) is 0 Å². The number of hydrogen-bond donors (Lipinski definition) is 1. The number of hydrogen-bond acceptors (Lipinski definition) is 4. The number of anilines is 1. The molecule has 2 aliphatic rings. The van der Waals surface area contributed by atoms with Crippen molar-refractivity contribution < 1.29 is 14.3 Å². The predicted octanol–water partition coefficient (Wildman–Crippen LogP) is 6.26. The minimum absolute atomic E-state index is 0.0277. The van der Waals surface area contributed by atoms with Crippen LogP contribution in [0.3, 0.4) is 0 Å². The highest BCUT2D eigenvalue weighted by atomic mass is 35.5. The second-order valence-electron chi connectivity index (χ2n) is 9.93. The average Bonchev–Trinajstić information content (AvgIpc) is 3.28. The molecule has 1 saturated heterocycles. The van der Waals surface area contributed by atoms with Crippen molar-refractivity contribution in [1.29, 1.82) is 0 Å². The summed E-state index contributed by atoms with van der Waals surface area (Å²) in [5.41, 5.74) is 4.60. The van der Waals surface area contributed by atoms with Gasteiger partial charge in [0.15, 0.2) is 11.5 Å². The van der Waals surface area contributed by atoms with Gasteiger partial charge in [0.1, 0.15) is 12.3 Å². The van der Waals surface area contributed by atoms with E-state index in [1.807, 2.05) is 49.4 Å². The molecule has 0 radical (unpaired) electrons. The molecule has 5 rings (SSSR count). The minimum Gasteiger partial charge on any atom is -0.490 e. The Morgan fingerprint density at radius 3 is 2.56 bits per heavy atom. The number of rotatable bonds is 7. The number of ether oxygens (including phenoxy) is 2. The molecule has 1 atom stereocenters. The third-order valence-electron chi connectivity index (χ3n) is 7.22. The second-order valence-corrected chi connectivity index (χ2v) is 10.4. The Bertz CT molecular complexity index is 1330. The lowest BCUT2D eigenvalue weighted by Crippen LogP contribution is -2.58. The Hall–Kier alpha value is -3.44. The van der Waals surface area contributed by atoms with Gasteiger partial charge in [0.05, 0.1) is 13.2 Å². The predicted molar refractivity (Wildman–Crippen MR) is 145 cm³/mol. The average molecular weight is 503 g/mol. The van der Waals surface area contributed by atoms with Gasteiger partial charge in [-0.3, -0.25) is 4.79 Å². The van der Waals surface area contributed by atoms with E-state index in [-0.39, 0.29) is 11.3 Å². The van der Waals surface area contributed by atoms with Crippen LogP contribution in [-0.2, 0) is 16.8 Å². The van der Waals surface area contributed by atoms with Gasteiger partial charge in [-0.2, -0.15) is 0 Å². The molecule has 0 bridgehead atoms. The third-order valence-corrected chi connectivity index (χ3v) is 7.47. The van der Waals surface area contributed by atoms with Crippen molar-refractivity contribution in [2.45, 2.75) is 45.4 Å². The summed E-state index contributed by atoms with van der Waals surface area (Å²) >= 11 is 5.99. The first-order chi connectivity index (χ1) is 17.2. The van der Waals surface area contributed by atoms with Crippen molar-refractivity contribution in [3.63, 3.8) is 0 Å². The van der Waals surface area contributed by atoms with Crippen molar-refractivity contribution in [3.8, 4) is 11.5 Å². The summed E-state index contributed by atoms with van der Waals surface area (Å²) in [5.74, 6) is 1.39. The largest absolute Gasteiger partial charge is 0.490 e. The zero-order chi connectivity index (χ0) is 25.5. The molecule has 0 aliphatic carbocycles. The molecule has 0 spiro atoms. The molecule has 2 heterocycles. The molecule has 36 heavy (non-hydrogen) atoms. The van der Waals surface area contributed by atoms with Crippen LogP contribution in [0.5, 0.6) is 11.5 Å². The van der Waals surface area contributed by atoms with Gasteiger partial charge in [-0.25, -0.2) is 0 Å². The van der Waals surface area contributed by atoms with Crippen molar-refractivity contribution in [3.05, 3.63) is 94.0 Å². The molecule has 3 aromatic rings. The number of nitrogens with one attached hydrogen (secondary N) is 1. The molecule has 2 aliphatic heterocycles. The Morgan fingerprint density at radius 1 is 1.03 bits per heavy atom. The Balaban J connectivity index is 1.44. The first-order valence-electron chi connectivity index (χ1n) is 12.3. The molecule has 0 saturated carbocycles. The number of amides is 1. The number of nitrogens with zero attached hydrogens (tertiary/aromatic N) is 1. The fourth-order valence-electron chi connectivity index (χ4n) is 5.26. The smallest absolute Gasteiger partial charge is 0.241 e. The number of fused-ring (bicyclic) bond motifs is 3. The van der Waals surface area contributed by atoms with Crippen LogP contribution in [-0.4, -0.2) is 24.7 Å². The van der Waals surface area contributed by atoms with Crippen LogP contribution >= 0.6 is 11.6 Å². The normalized spacial score (nSPS) is 19.8. The molecule has 1 N–H and O–H groups in total. The van der Waals surface area contributed by atoms with E-state index < -0.39 is 5.66 Å². The summed E-state index contributed by atoms with van der Waals surface area (Å²) in [6.45, 7) is 9.73. The highest BCUT2D eigenvalue weighted by molar-refractivity contribution is 6.30. The summed E-state index contributed by atoms with van der Waals surface area (Å²) in [4.78, 5) is 14.8. The van der Waals surface area contributed by atoms with Gasteiger partial charge in [-0.05, 0) is 66.9 Å². The number of aryl methyl sites for hydroxylation is 1. The van der Waals surface area contributed by atoms with Crippen LogP contribution in [0.2, 0.25) is 5.02 Å². The Labute approximate surface area is 217 Å². The van der Waals surface area contributed by atoms with E-state index in [1.54, 1.807) is 0 Å². The van der Waals surface area contributed by atoms with E-state index in [1.165, 1.54) is 11.1 Å². The van der Waals surface area contributed by atoms with Crippen LogP contribution in [0.1, 0.15) is 43.0 Å². The number of carbonyl (C=O) groups is 1. The maximum Gasteiger partial charge on any atom is 0.241 e. The van der Waals surface area contributed by atoms with Crippen LogP contribution in [0.25, 0.3) is 6.08 Å². The molecule has 1 fully saturated rings. The number of carbonyl (C=O) groups excluding carboxylic acids is 1. The summed E-state index contributed by atoms with van der Waals surface area (Å²) in [7, 11) is 0. The molecular formula is C30H31ClN2O3. The Kier molecular flexibility index (Phi) is 6.21. The van der Waals surface area contributed by atoms with Crippen molar-refractivity contribution >= 4 is 29.3 Å². The minimum atomic E-state index is -0.643. The Morgan fingerprint density at radius 2 is 1.81 bits per heavy atom. The van der Waals surface area contributed by atoms with Crippen molar-refractivity contribution in [1.82, 2.24) is 5.32 Å². The highest BCUT2D eigenvalue weighted by Crippen LogP contribution is 2.53. The first kappa shape index (κ1) is 24.3. The first-order valence-corrected chi connectivity index (χ1v) is 12.6. The number of benzene rings is 3. The third kappa shape index (κ3) is 4.11. The van der Waals surface area contributed by atoms with Gasteiger partial charge in [0.2, 0.25) is 5.91 Å². The van der Waals surface area contributed by atoms with Crippen LogP contribution in [0.4, 0.5) is 5.69 Å². The van der Waals surface area contributed by atoms with E-state index in [0.29, 0.717) is 36.3 Å². The molecule has 3 aromatic carbocycles. The van der Waals surface area contributed by atoms with E-state index in [9.17, 15) is 4.79 Å². The van der Waals surface area contributed by atoms with Gasteiger partial charge in [0, 0.05) is 16.1 Å². The molecule has 1 amide bonds. The molecule has 6 heteroatoms. The maximum absolute atomic E-state index is 12.6. The van der Waals surface area contributed by atoms with Crippen molar-refractivity contribution in [2.24, 2.45) is 0 Å².